The summed E-state index contributed by atoms with van der Waals surface area (Å²) in [5.74, 6) is -2.03. The molecule has 1 N–H and O–H groups in total. The largest absolute Gasteiger partial charge is 0.481 e. The molecule has 0 saturated carbocycles. The number of likely N-dealkylation sites (tertiary alicyclic amines) is 1. The first-order valence-electron chi connectivity index (χ1n) is 6.87. The maximum absolute atomic E-state index is 12.5. The second-order valence-corrected chi connectivity index (χ2v) is 6.65. The van der Waals surface area contributed by atoms with Gasteiger partial charge in [-0.3, -0.25) is 9.59 Å². The van der Waals surface area contributed by atoms with Crippen LogP contribution in [-0.2, 0) is 4.79 Å². The van der Waals surface area contributed by atoms with Gasteiger partial charge in [0.05, 0.1) is 5.92 Å². The molecule has 0 bridgehead atoms. The molecule has 2 rings (SSSR count). The minimum Gasteiger partial charge on any atom is -0.481 e. The molecule has 1 amide bonds. The molecule has 1 aliphatic rings. The minimum atomic E-state index is -2.99. The van der Waals surface area contributed by atoms with Gasteiger partial charge in [0.15, 0.2) is 0 Å². The zero-order valence-corrected chi connectivity index (χ0v) is 13.0. The minimum absolute atomic E-state index is 0.115. The number of carbonyl (C=O) groups is 2. The molecule has 0 radical (unpaired) electrons. The van der Waals surface area contributed by atoms with Gasteiger partial charge in [0.2, 0.25) is 0 Å². The topological polar surface area (TPSA) is 66.8 Å². The van der Waals surface area contributed by atoms with Crippen molar-refractivity contribution < 1.29 is 28.2 Å². The third-order valence-corrected chi connectivity index (χ3v) is 4.76. The number of aryl methyl sites for hydroxylation is 1. The van der Waals surface area contributed by atoms with E-state index in [2.05, 4.69) is 4.74 Å². The summed E-state index contributed by atoms with van der Waals surface area (Å²) in [4.78, 5) is 25.9. The van der Waals surface area contributed by atoms with Gasteiger partial charge in [-0.2, -0.15) is 8.78 Å². The van der Waals surface area contributed by atoms with Crippen molar-refractivity contribution in [1.29, 1.82) is 0 Å². The van der Waals surface area contributed by atoms with Crippen LogP contribution < -0.4 is 4.74 Å². The Kier molecular flexibility index (Phi) is 5.00. The van der Waals surface area contributed by atoms with Gasteiger partial charge < -0.3 is 14.7 Å². The fourth-order valence-electron chi connectivity index (χ4n) is 2.66. The number of thiophene rings is 1. The number of alkyl halides is 2. The number of hydrogen-bond donors (Lipinski definition) is 1. The molecule has 2 atom stereocenters. The van der Waals surface area contributed by atoms with Crippen molar-refractivity contribution in [2.45, 2.75) is 26.9 Å². The molecule has 8 heteroatoms. The average molecular weight is 333 g/mol. The molecule has 1 aromatic rings. The van der Waals surface area contributed by atoms with E-state index in [1.54, 1.807) is 13.8 Å². The summed E-state index contributed by atoms with van der Waals surface area (Å²) >= 11 is 1.10. The Morgan fingerprint density at radius 3 is 2.73 bits per heavy atom. The van der Waals surface area contributed by atoms with E-state index in [4.69, 9.17) is 5.11 Å². The Morgan fingerprint density at radius 1 is 1.50 bits per heavy atom. The lowest BCUT2D eigenvalue weighted by molar-refractivity contribution is -0.145. The Labute approximate surface area is 130 Å². The van der Waals surface area contributed by atoms with E-state index in [9.17, 15) is 18.4 Å². The number of amides is 1. The first-order chi connectivity index (χ1) is 10.3. The Hall–Kier alpha value is -1.70. The van der Waals surface area contributed by atoms with E-state index in [1.165, 1.54) is 11.0 Å². The summed E-state index contributed by atoms with van der Waals surface area (Å²) in [6.45, 7) is 1.08. The van der Waals surface area contributed by atoms with Crippen molar-refractivity contribution in [3.8, 4) is 5.75 Å². The third-order valence-electron chi connectivity index (χ3n) is 3.74. The van der Waals surface area contributed by atoms with Crippen molar-refractivity contribution in [3.63, 3.8) is 0 Å². The number of piperidine rings is 1. The van der Waals surface area contributed by atoms with Crippen LogP contribution in [0.5, 0.6) is 5.75 Å². The van der Waals surface area contributed by atoms with Crippen molar-refractivity contribution in [2.75, 3.05) is 13.1 Å². The summed E-state index contributed by atoms with van der Waals surface area (Å²) in [5.41, 5.74) is 0. The lowest BCUT2D eigenvalue weighted by Gasteiger charge is -2.34. The molecule has 2 heterocycles. The number of ether oxygens (including phenoxy) is 1. The number of hydrogen-bond acceptors (Lipinski definition) is 4. The normalized spacial score (nSPS) is 22.0. The van der Waals surface area contributed by atoms with Crippen molar-refractivity contribution >= 4 is 23.2 Å². The second-order valence-electron chi connectivity index (χ2n) is 5.39. The van der Waals surface area contributed by atoms with E-state index >= 15 is 0 Å². The monoisotopic (exact) mass is 333 g/mol. The summed E-state index contributed by atoms with van der Waals surface area (Å²) in [7, 11) is 0. The predicted molar refractivity (Wildman–Crippen MR) is 76.5 cm³/mol. The number of aliphatic carboxylic acids is 1. The van der Waals surface area contributed by atoms with E-state index in [-0.39, 0.29) is 22.5 Å². The number of carboxylic acid groups (broad SMARTS) is 1. The fourth-order valence-corrected chi connectivity index (χ4v) is 3.58. The van der Waals surface area contributed by atoms with Crippen LogP contribution in [0.15, 0.2) is 6.07 Å². The van der Waals surface area contributed by atoms with Gasteiger partial charge in [0, 0.05) is 18.0 Å². The molecule has 1 fully saturated rings. The highest BCUT2D eigenvalue weighted by Crippen LogP contribution is 2.33. The highest BCUT2D eigenvalue weighted by Gasteiger charge is 2.34. The number of nitrogens with zero attached hydrogens (tertiary/aromatic N) is 1. The molecule has 1 aliphatic heterocycles. The first kappa shape index (κ1) is 16.7. The molecule has 2 unspecified atom stereocenters. The highest BCUT2D eigenvalue weighted by molar-refractivity contribution is 7.14. The standard InChI is InChI=1S/C14H17F2NO4S/c1-7-6-17(4-3-9(7)13(19)20)12(18)11-10(21-14(15)16)5-8(2)22-11/h5,7,9,14H,3-4,6H2,1-2H3,(H,19,20). The highest BCUT2D eigenvalue weighted by atomic mass is 32.1. The van der Waals surface area contributed by atoms with Gasteiger partial charge in [0.1, 0.15) is 10.6 Å². The summed E-state index contributed by atoms with van der Waals surface area (Å²) < 4.78 is 29.2. The molecule has 0 spiro atoms. The van der Waals surface area contributed by atoms with Crippen LogP contribution in [-0.4, -0.2) is 41.6 Å². The zero-order valence-electron chi connectivity index (χ0n) is 12.2. The van der Waals surface area contributed by atoms with Gasteiger partial charge in [0.25, 0.3) is 5.91 Å². The van der Waals surface area contributed by atoms with Crippen molar-refractivity contribution in [3.05, 3.63) is 15.8 Å². The van der Waals surface area contributed by atoms with E-state index in [0.29, 0.717) is 24.4 Å². The van der Waals surface area contributed by atoms with Crippen molar-refractivity contribution in [1.82, 2.24) is 4.90 Å². The molecule has 0 aliphatic carbocycles. The zero-order chi connectivity index (χ0) is 16.4. The van der Waals surface area contributed by atoms with Gasteiger partial charge in [-0.15, -0.1) is 11.3 Å². The van der Waals surface area contributed by atoms with Crippen molar-refractivity contribution in [2.24, 2.45) is 11.8 Å². The second kappa shape index (κ2) is 6.60. The molecule has 22 heavy (non-hydrogen) atoms. The molecular weight excluding hydrogens is 316 g/mol. The van der Waals surface area contributed by atoms with Crippen LogP contribution in [0.25, 0.3) is 0 Å². The van der Waals surface area contributed by atoms with Crippen LogP contribution in [0, 0.1) is 18.8 Å². The molecule has 0 aromatic carbocycles. The molecule has 5 nitrogen and oxygen atoms in total. The smallest absolute Gasteiger partial charge is 0.387 e. The third kappa shape index (κ3) is 3.55. The quantitative estimate of drug-likeness (QED) is 0.920. The van der Waals surface area contributed by atoms with Gasteiger partial charge in [-0.1, -0.05) is 6.92 Å². The van der Waals surface area contributed by atoms with Gasteiger partial charge in [-0.25, -0.2) is 0 Å². The van der Waals surface area contributed by atoms with Crippen LogP contribution in [0.2, 0.25) is 0 Å². The van der Waals surface area contributed by atoms with E-state index in [1.807, 2.05) is 0 Å². The molecule has 1 aromatic heterocycles. The summed E-state index contributed by atoms with van der Waals surface area (Å²) in [6, 6.07) is 1.41. The fraction of sp³-hybridized carbons (Fsp3) is 0.571. The van der Waals surface area contributed by atoms with E-state index < -0.39 is 18.5 Å². The average Bonchev–Trinajstić information content (AvgIpc) is 2.77. The van der Waals surface area contributed by atoms with Crippen LogP contribution in [0.1, 0.15) is 27.9 Å². The van der Waals surface area contributed by atoms with Gasteiger partial charge >= 0.3 is 12.6 Å². The lowest BCUT2D eigenvalue weighted by Crippen LogP contribution is -2.44. The summed E-state index contributed by atoms with van der Waals surface area (Å²) in [5, 5.41) is 9.09. The predicted octanol–water partition coefficient (Wildman–Crippen LogP) is 2.84. The Balaban J connectivity index is 2.14. The molecule has 1 saturated heterocycles. The number of rotatable bonds is 4. The maximum Gasteiger partial charge on any atom is 0.387 e. The Morgan fingerprint density at radius 2 is 2.18 bits per heavy atom. The van der Waals surface area contributed by atoms with E-state index in [0.717, 1.165) is 11.3 Å². The number of halogens is 2. The Bertz CT molecular complexity index is 575. The number of carboxylic acids is 1. The van der Waals surface area contributed by atoms with Crippen LogP contribution in [0.4, 0.5) is 8.78 Å². The molecular formula is C14H17F2NO4S. The lowest BCUT2D eigenvalue weighted by atomic mass is 9.87. The van der Waals surface area contributed by atoms with Crippen LogP contribution in [0.3, 0.4) is 0 Å². The molecule has 122 valence electrons. The summed E-state index contributed by atoms with van der Waals surface area (Å²) in [6.07, 6.45) is 0.359. The van der Waals surface area contributed by atoms with Gasteiger partial charge in [-0.05, 0) is 25.3 Å². The SMILES string of the molecule is Cc1cc(OC(F)F)c(C(=O)N2CCC(C(=O)O)C(C)C2)s1. The first-order valence-corrected chi connectivity index (χ1v) is 7.68. The van der Waals surface area contributed by atoms with Crippen LogP contribution >= 0.6 is 11.3 Å². The maximum atomic E-state index is 12.5. The number of carbonyl (C=O) groups excluding carboxylic acids is 1.